The van der Waals surface area contributed by atoms with Gasteiger partial charge in [0, 0.05) is 37.5 Å². The van der Waals surface area contributed by atoms with Crippen molar-refractivity contribution in [1.29, 1.82) is 0 Å². The topological polar surface area (TPSA) is 55.3 Å². The van der Waals surface area contributed by atoms with Gasteiger partial charge in [0.2, 0.25) is 0 Å². The zero-order valence-electron chi connectivity index (χ0n) is 16.6. The molecule has 5 nitrogen and oxygen atoms in total. The number of ether oxygens (including phenoxy) is 1. The Morgan fingerprint density at radius 1 is 1.30 bits per heavy atom. The van der Waals surface area contributed by atoms with Gasteiger partial charge in [-0.05, 0) is 56.7 Å². The van der Waals surface area contributed by atoms with E-state index in [0.717, 1.165) is 67.9 Å². The first-order valence-electron chi connectivity index (χ1n) is 9.88. The van der Waals surface area contributed by atoms with Crippen molar-refractivity contribution in [1.82, 2.24) is 14.9 Å². The first-order chi connectivity index (χ1) is 13.1. The molecule has 0 saturated carbocycles. The van der Waals surface area contributed by atoms with Gasteiger partial charge in [-0.2, -0.15) is 0 Å². The first-order valence-corrected chi connectivity index (χ1v) is 9.88. The van der Waals surface area contributed by atoms with Crippen LogP contribution in [0.15, 0.2) is 30.5 Å². The third kappa shape index (κ3) is 4.92. The van der Waals surface area contributed by atoms with Gasteiger partial charge in [-0.1, -0.05) is 19.1 Å². The number of nitrogens with zero attached hydrogens (tertiary/aromatic N) is 3. The number of carbonyl (C=O) groups excluding carboxylic acids is 1. The van der Waals surface area contributed by atoms with Gasteiger partial charge in [-0.15, -0.1) is 0 Å². The molecule has 2 aromatic rings. The highest BCUT2D eigenvalue weighted by Gasteiger charge is 2.17. The van der Waals surface area contributed by atoms with Crippen molar-refractivity contribution in [2.75, 3.05) is 20.2 Å². The van der Waals surface area contributed by atoms with E-state index in [0.29, 0.717) is 11.7 Å². The Balaban J connectivity index is 1.62. The predicted molar refractivity (Wildman–Crippen MR) is 107 cm³/mol. The molecule has 27 heavy (non-hydrogen) atoms. The second-order valence-electron chi connectivity index (χ2n) is 7.23. The number of carbonyl (C=O) groups is 1. The minimum absolute atomic E-state index is 0.0588. The molecule has 2 heterocycles. The van der Waals surface area contributed by atoms with Crippen LogP contribution in [0.5, 0.6) is 0 Å². The number of hydrogen-bond acceptors (Lipinski definition) is 4. The molecule has 1 saturated heterocycles. The van der Waals surface area contributed by atoms with Gasteiger partial charge in [0.15, 0.2) is 0 Å². The molecular formula is C22H29N3O2. The molecule has 0 aliphatic carbocycles. The molecule has 1 unspecified atom stereocenters. The Morgan fingerprint density at radius 3 is 2.74 bits per heavy atom. The monoisotopic (exact) mass is 367 g/mol. The maximum Gasteiger partial charge on any atom is 0.253 e. The second-order valence-corrected chi connectivity index (χ2v) is 7.23. The highest BCUT2D eigenvalue weighted by atomic mass is 16.5. The summed E-state index contributed by atoms with van der Waals surface area (Å²) in [6.45, 7) is 5.64. The summed E-state index contributed by atoms with van der Waals surface area (Å²) in [6, 6.07) is 7.75. The lowest BCUT2D eigenvalue weighted by molar-refractivity contribution is 0.0763. The van der Waals surface area contributed by atoms with Crippen LogP contribution in [-0.4, -0.2) is 47.1 Å². The largest absolute Gasteiger partial charge is 0.378 e. The molecule has 1 fully saturated rings. The molecule has 1 aromatic carbocycles. The smallest absolute Gasteiger partial charge is 0.253 e. The average Bonchev–Trinajstić information content (AvgIpc) is 3.21. The van der Waals surface area contributed by atoms with Crippen molar-refractivity contribution in [3.8, 4) is 11.3 Å². The Labute approximate surface area is 161 Å². The van der Waals surface area contributed by atoms with Gasteiger partial charge in [0.25, 0.3) is 5.91 Å². The summed E-state index contributed by atoms with van der Waals surface area (Å²) in [5.74, 6) is 0.816. The summed E-state index contributed by atoms with van der Waals surface area (Å²) >= 11 is 0. The lowest BCUT2D eigenvalue weighted by Crippen LogP contribution is -2.28. The highest BCUT2D eigenvalue weighted by Crippen LogP contribution is 2.23. The number of aromatic nitrogens is 2. The molecule has 0 spiro atoms. The van der Waals surface area contributed by atoms with Gasteiger partial charge in [-0.25, -0.2) is 9.97 Å². The molecule has 3 rings (SSSR count). The summed E-state index contributed by atoms with van der Waals surface area (Å²) in [5.41, 5.74) is 3.80. The molecule has 1 atom stereocenters. The van der Waals surface area contributed by atoms with E-state index in [4.69, 9.17) is 4.74 Å². The van der Waals surface area contributed by atoms with Crippen LogP contribution in [0.1, 0.15) is 54.4 Å². The van der Waals surface area contributed by atoms with Crippen LogP contribution >= 0.6 is 0 Å². The standard InChI is InChI=1S/C22H29N3O2/c1-4-17-15-23-16(2)24-21(17)18-9-11-19(12-10-18)22(26)25(3)13-5-7-20-8-6-14-27-20/h9-12,15,20H,4-8,13-14H2,1-3H3. The SMILES string of the molecule is CCc1cnc(C)nc1-c1ccc(C(=O)N(C)CCCC2CCCO2)cc1. The highest BCUT2D eigenvalue weighted by molar-refractivity contribution is 5.94. The van der Waals surface area contributed by atoms with Crippen LogP contribution in [0.4, 0.5) is 0 Å². The van der Waals surface area contributed by atoms with Crippen molar-refractivity contribution in [3.05, 3.63) is 47.4 Å². The number of hydrogen-bond donors (Lipinski definition) is 0. The van der Waals surface area contributed by atoms with E-state index in [1.165, 1.54) is 0 Å². The average molecular weight is 367 g/mol. The van der Waals surface area contributed by atoms with Crippen LogP contribution in [0.3, 0.4) is 0 Å². The fourth-order valence-electron chi connectivity index (χ4n) is 3.52. The normalized spacial score (nSPS) is 16.5. The Kier molecular flexibility index (Phi) is 6.56. The van der Waals surface area contributed by atoms with Crippen molar-refractivity contribution in [2.45, 2.75) is 52.1 Å². The van der Waals surface area contributed by atoms with Gasteiger partial charge in [-0.3, -0.25) is 4.79 Å². The predicted octanol–water partition coefficient (Wildman–Crippen LogP) is 4.05. The minimum atomic E-state index is 0.0588. The van der Waals surface area contributed by atoms with E-state index in [1.807, 2.05) is 44.4 Å². The Hall–Kier alpha value is -2.27. The lowest BCUT2D eigenvalue weighted by Gasteiger charge is -2.18. The summed E-state index contributed by atoms with van der Waals surface area (Å²) in [4.78, 5) is 23.3. The Bertz CT molecular complexity index is 768. The summed E-state index contributed by atoms with van der Waals surface area (Å²) in [7, 11) is 1.87. The molecule has 1 aliphatic rings. The summed E-state index contributed by atoms with van der Waals surface area (Å²) in [6.07, 6.45) is 7.48. The van der Waals surface area contributed by atoms with Gasteiger partial charge in [0.1, 0.15) is 5.82 Å². The molecule has 144 valence electrons. The van der Waals surface area contributed by atoms with Crippen molar-refractivity contribution in [2.24, 2.45) is 0 Å². The van der Waals surface area contributed by atoms with Crippen molar-refractivity contribution >= 4 is 5.91 Å². The molecule has 0 radical (unpaired) electrons. The molecule has 1 aromatic heterocycles. The van der Waals surface area contributed by atoms with Crippen molar-refractivity contribution in [3.63, 3.8) is 0 Å². The van der Waals surface area contributed by atoms with Crippen LogP contribution in [0, 0.1) is 6.92 Å². The van der Waals surface area contributed by atoms with E-state index < -0.39 is 0 Å². The zero-order valence-corrected chi connectivity index (χ0v) is 16.6. The van der Waals surface area contributed by atoms with E-state index in [9.17, 15) is 4.79 Å². The van der Waals surface area contributed by atoms with Gasteiger partial charge < -0.3 is 9.64 Å². The summed E-state index contributed by atoms with van der Waals surface area (Å²) < 4.78 is 5.65. The molecule has 0 N–H and O–H groups in total. The van der Waals surface area contributed by atoms with E-state index in [1.54, 1.807) is 4.90 Å². The fraction of sp³-hybridized carbons (Fsp3) is 0.500. The van der Waals surface area contributed by atoms with E-state index in [-0.39, 0.29) is 5.91 Å². The van der Waals surface area contributed by atoms with Crippen molar-refractivity contribution < 1.29 is 9.53 Å². The molecular weight excluding hydrogens is 338 g/mol. The molecule has 5 heteroatoms. The van der Waals surface area contributed by atoms with Crippen LogP contribution < -0.4 is 0 Å². The zero-order chi connectivity index (χ0) is 19.2. The quantitative estimate of drug-likeness (QED) is 0.741. The van der Waals surface area contributed by atoms with Crippen LogP contribution in [0.2, 0.25) is 0 Å². The molecule has 1 aliphatic heterocycles. The number of rotatable bonds is 7. The third-order valence-electron chi connectivity index (χ3n) is 5.16. The molecule has 1 amide bonds. The number of amides is 1. The van der Waals surface area contributed by atoms with E-state index >= 15 is 0 Å². The number of benzene rings is 1. The van der Waals surface area contributed by atoms with E-state index in [2.05, 4.69) is 16.9 Å². The first kappa shape index (κ1) is 19.5. The third-order valence-corrected chi connectivity index (χ3v) is 5.16. The Morgan fingerprint density at radius 2 is 2.07 bits per heavy atom. The van der Waals surface area contributed by atoms with Crippen LogP contribution in [0.25, 0.3) is 11.3 Å². The number of aryl methyl sites for hydroxylation is 2. The lowest BCUT2D eigenvalue weighted by atomic mass is 10.0. The second kappa shape index (κ2) is 9.09. The summed E-state index contributed by atoms with van der Waals surface area (Å²) in [5, 5.41) is 0. The minimum Gasteiger partial charge on any atom is -0.378 e. The van der Waals surface area contributed by atoms with Gasteiger partial charge >= 0.3 is 0 Å². The maximum absolute atomic E-state index is 12.7. The maximum atomic E-state index is 12.7. The molecule has 0 bridgehead atoms. The van der Waals surface area contributed by atoms with Crippen LogP contribution in [-0.2, 0) is 11.2 Å². The van der Waals surface area contributed by atoms with Gasteiger partial charge in [0.05, 0.1) is 11.8 Å². The fourth-order valence-corrected chi connectivity index (χ4v) is 3.52.